The second-order valence-corrected chi connectivity index (χ2v) is 7.39. The van der Waals surface area contributed by atoms with Gasteiger partial charge in [-0.05, 0) is 27.2 Å². The maximum absolute atomic E-state index is 14.7. The van der Waals surface area contributed by atoms with Crippen LogP contribution in [0.1, 0.15) is 96.0 Å². The number of esters is 1. The molecule has 0 aromatic carbocycles. The first-order valence-corrected chi connectivity index (χ1v) is 11.0. The zero-order chi connectivity index (χ0) is 22.4. The summed E-state index contributed by atoms with van der Waals surface area (Å²) < 4.78 is 30.6. The molecule has 0 aliphatic carbocycles. The number of hydrogen-bond donors (Lipinski definition) is 0. The van der Waals surface area contributed by atoms with Crippen LogP contribution < -0.4 is 9.57 Å². The lowest BCUT2D eigenvalue weighted by Crippen LogP contribution is -2.26. The maximum Gasteiger partial charge on any atom is 0.534 e. The summed E-state index contributed by atoms with van der Waals surface area (Å²) in [6, 6.07) is 0. The van der Waals surface area contributed by atoms with E-state index in [1.54, 1.807) is 20.8 Å². The van der Waals surface area contributed by atoms with Crippen LogP contribution in [-0.2, 0) is 9.47 Å². The van der Waals surface area contributed by atoms with Crippen molar-refractivity contribution >= 4 is 12.1 Å². The van der Waals surface area contributed by atoms with Crippen LogP contribution in [-0.4, -0.2) is 36.2 Å². The van der Waals surface area contributed by atoms with Crippen molar-refractivity contribution in [1.82, 2.24) is 4.73 Å². The van der Waals surface area contributed by atoms with Gasteiger partial charge in [0.05, 0.1) is 25.5 Å². The Hall–Kier alpha value is -2.25. The Morgan fingerprint density at radius 2 is 1.60 bits per heavy atom. The van der Waals surface area contributed by atoms with Gasteiger partial charge in [0.1, 0.15) is 0 Å². The van der Waals surface area contributed by atoms with Crippen LogP contribution in [0.3, 0.4) is 0 Å². The number of carbonyl (C=O) groups is 2. The topological polar surface area (TPSA) is 76.0 Å². The molecule has 0 spiro atoms. The van der Waals surface area contributed by atoms with E-state index in [2.05, 4.69) is 6.92 Å². The highest BCUT2D eigenvalue weighted by atomic mass is 19.1. The Balaban J connectivity index is 2.55. The van der Waals surface area contributed by atoms with Gasteiger partial charge in [-0.2, -0.15) is 4.73 Å². The molecular formula is C22H36FNO6. The van der Waals surface area contributed by atoms with Crippen molar-refractivity contribution in [2.45, 2.75) is 91.6 Å². The van der Waals surface area contributed by atoms with Crippen molar-refractivity contribution in [2.75, 3.05) is 13.2 Å². The Kier molecular flexibility index (Phi) is 12.6. The molecule has 30 heavy (non-hydrogen) atoms. The van der Waals surface area contributed by atoms with E-state index in [1.807, 2.05) is 0 Å². The minimum Gasteiger partial charge on any atom is -0.489 e. The van der Waals surface area contributed by atoms with Crippen molar-refractivity contribution in [3.63, 3.8) is 0 Å². The smallest absolute Gasteiger partial charge is 0.489 e. The van der Waals surface area contributed by atoms with E-state index in [-0.39, 0.29) is 12.4 Å². The second-order valence-electron chi connectivity index (χ2n) is 7.39. The zero-order valence-corrected chi connectivity index (χ0v) is 18.7. The van der Waals surface area contributed by atoms with Gasteiger partial charge in [-0.1, -0.05) is 58.3 Å². The number of halogens is 1. The van der Waals surface area contributed by atoms with E-state index in [4.69, 9.17) is 19.0 Å². The first kappa shape index (κ1) is 25.8. The Morgan fingerprint density at radius 1 is 1.00 bits per heavy atom. The third-order valence-corrected chi connectivity index (χ3v) is 4.36. The SMILES string of the molecule is CCCCCCCCCCCOc1cn(OC(=O)OC(C)C)c(C(=O)OCC)c1F. The molecule has 0 N–H and O–H groups in total. The van der Waals surface area contributed by atoms with Crippen molar-refractivity contribution in [2.24, 2.45) is 0 Å². The van der Waals surface area contributed by atoms with Crippen molar-refractivity contribution in [1.29, 1.82) is 0 Å². The molecule has 1 rings (SSSR count). The Bertz CT molecular complexity index is 644. The van der Waals surface area contributed by atoms with Crippen LogP contribution in [0.15, 0.2) is 6.20 Å². The number of rotatable bonds is 15. The monoisotopic (exact) mass is 429 g/mol. The van der Waals surface area contributed by atoms with Gasteiger partial charge >= 0.3 is 12.1 Å². The summed E-state index contributed by atoms with van der Waals surface area (Å²) in [5.74, 6) is -2.05. The fourth-order valence-corrected chi connectivity index (χ4v) is 2.88. The Morgan fingerprint density at radius 3 is 2.17 bits per heavy atom. The summed E-state index contributed by atoms with van der Waals surface area (Å²) in [6.45, 7) is 7.44. The first-order valence-electron chi connectivity index (χ1n) is 11.0. The van der Waals surface area contributed by atoms with Crippen molar-refractivity contribution < 1.29 is 33.0 Å². The predicted molar refractivity (Wildman–Crippen MR) is 111 cm³/mol. The third kappa shape index (κ3) is 9.50. The molecule has 172 valence electrons. The van der Waals surface area contributed by atoms with Crippen LogP contribution in [0.5, 0.6) is 5.75 Å². The molecule has 1 aromatic heterocycles. The van der Waals surface area contributed by atoms with Gasteiger partial charge in [0, 0.05) is 0 Å². The van der Waals surface area contributed by atoms with Gasteiger partial charge in [-0.3, -0.25) is 0 Å². The van der Waals surface area contributed by atoms with Crippen LogP contribution in [0.2, 0.25) is 0 Å². The highest BCUT2D eigenvalue weighted by Crippen LogP contribution is 2.24. The summed E-state index contributed by atoms with van der Waals surface area (Å²) >= 11 is 0. The Labute approximate surface area is 178 Å². The molecule has 8 heteroatoms. The molecule has 0 saturated carbocycles. The van der Waals surface area contributed by atoms with E-state index in [1.165, 1.54) is 38.5 Å². The van der Waals surface area contributed by atoms with Gasteiger partial charge in [0.25, 0.3) is 0 Å². The minimum atomic E-state index is -1.06. The fraction of sp³-hybridized carbons (Fsp3) is 0.727. The molecule has 0 bridgehead atoms. The summed E-state index contributed by atoms with van der Waals surface area (Å²) in [5, 5.41) is 0. The highest BCUT2D eigenvalue weighted by Gasteiger charge is 2.27. The molecule has 0 aliphatic rings. The molecule has 7 nitrogen and oxygen atoms in total. The largest absolute Gasteiger partial charge is 0.534 e. The standard InChI is InChI=1S/C22H36FNO6/c1-5-7-8-9-10-11-12-13-14-15-28-18-16-24(30-22(26)29-17(3)4)20(19(18)23)21(25)27-6-2/h16-17H,5-15H2,1-4H3. The molecular weight excluding hydrogens is 393 g/mol. The summed E-state index contributed by atoms with van der Waals surface area (Å²) in [4.78, 5) is 28.7. The van der Waals surface area contributed by atoms with Crippen LogP contribution in [0.4, 0.5) is 9.18 Å². The van der Waals surface area contributed by atoms with Crippen molar-refractivity contribution in [3.05, 3.63) is 17.7 Å². The molecule has 0 unspecified atom stereocenters. The number of ether oxygens (including phenoxy) is 3. The summed E-state index contributed by atoms with van der Waals surface area (Å²) in [6.07, 6.45) is 10.0. The molecule has 0 amide bonds. The number of carbonyl (C=O) groups excluding carboxylic acids is 2. The number of nitrogens with zero attached hydrogens (tertiary/aromatic N) is 1. The normalized spacial score (nSPS) is 10.9. The fourth-order valence-electron chi connectivity index (χ4n) is 2.88. The highest BCUT2D eigenvalue weighted by molar-refractivity contribution is 5.88. The molecule has 1 aromatic rings. The maximum atomic E-state index is 14.7. The van der Waals surface area contributed by atoms with Crippen LogP contribution in [0.25, 0.3) is 0 Å². The predicted octanol–water partition coefficient (Wildman–Crippen LogP) is 5.69. The average Bonchev–Trinajstić information content (AvgIpc) is 2.97. The molecule has 0 atom stereocenters. The van der Waals surface area contributed by atoms with E-state index < -0.39 is 29.7 Å². The molecule has 0 aliphatic heterocycles. The summed E-state index contributed by atoms with van der Waals surface area (Å²) in [5.41, 5.74) is -0.542. The molecule has 0 radical (unpaired) electrons. The zero-order valence-electron chi connectivity index (χ0n) is 18.7. The van der Waals surface area contributed by atoms with Gasteiger partial charge in [0.2, 0.25) is 11.5 Å². The molecule has 0 saturated heterocycles. The quantitative estimate of drug-likeness (QED) is 0.263. The minimum absolute atomic E-state index is 0.0501. The van der Waals surface area contributed by atoms with E-state index in [0.29, 0.717) is 11.3 Å². The lowest BCUT2D eigenvalue weighted by atomic mass is 10.1. The number of unbranched alkanes of at least 4 members (excludes halogenated alkanes) is 8. The van der Waals surface area contributed by atoms with Crippen LogP contribution >= 0.6 is 0 Å². The summed E-state index contributed by atoms with van der Waals surface area (Å²) in [7, 11) is 0. The lowest BCUT2D eigenvalue weighted by molar-refractivity contribution is 0.0222. The number of aromatic nitrogens is 1. The third-order valence-electron chi connectivity index (χ3n) is 4.36. The van der Waals surface area contributed by atoms with Gasteiger partial charge in [-0.15, -0.1) is 0 Å². The average molecular weight is 430 g/mol. The van der Waals surface area contributed by atoms with E-state index >= 15 is 0 Å². The van der Waals surface area contributed by atoms with E-state index in [9.17, 15) is 14.0 Å². The number of hydrogen-bond acceptors (Lipinski definition) is 6. The lowest BCUT2D eigenvalue weighted by Gasteiger charge is -2.10. The van der Waals surface area contributed by atoms with Gasteiger partial charge in [-0.25, -0.2) is 14.0 Å². The molecule has 0 fully saturated rings. The van der Waals surface area contributed by atoms with E-state index in [0.717, 1.165) is 25.5 Å². The van der Waals surface area contributed by atoms with Crippen molar-refractivity contribution in [3.8, 4) is 5.75 Å². The van der Waals surface area contributed by atoms with Gasteiger partial charge in [0.15, 0.2) is 5.75 Å². The second kappa shape index (κ2) is 14.7. The molecule has 1 heterocycles. The first-order chi connectivity index (χ1) is 14.4. The van der Waals surface area contributed by atoms with Gasteiger partial charge < -0.3 is 19.0 Å². The van der Waals surface area contributed by atoms with Crippen LogP contribution in [0, 0.1) is 5.82 Å².